The molecule has 0 spiro atoms. The Morgan fingerprint density at radius 1 is 1.19 bits per heavy atom. The van der Waals surface area contributed by atoms with E-state index in [2.05, 4.69) is 29.3 Å². The second kappa shape index (κ2) is 8.34. The van der Waals surface area contributed by atoms with Crippen molar-refractivity contribution in [2.75, 3.05) is 40.4 Å². The lowest BCUT2D eigenvalue weighted by Crippen LogP contribution is -2.45. The molecule has 1 saturated heterocycles. The first-order chi connectivity index (χ1) is 12.7. The van der Waals surface area contributed by atoms with Gasteiger partial charge in [-0.2, -0.15) is 0 Å². The van der Waals surface area contributed by atoms with E-state index in [1.807, 2.05) is 30.3 Å². The van der Waals surface area contributed by atoms with Gasteiger partial charge in [0.05, 0.1) is 19.8 Å². The van der Waals surface area contributed by atoms with E-state index < -0.39 is 0 Å². The lowest BCUT2D eigenvalue weighted by molar-refractivity contribution is 0.0600. The number of esters is 1. The van der Waals surface area contributed by atoms with Gasteiger partial charge in [-0.1, -0.05) is 25.1 Å². The largest absolute Gasteiger partial charge is 0.496 e. The van der Waals surface area contributed by atoms with Gasteiger partial charge in [0, 0.05) is 31.2 Å². The SMILES string of the molecule is CCN1CCNCC1c1ccc(C(=O)OC)cc1.COc1ccc2cc1-2. The van der Waals surface area contributed by atoms with Gasteiger partial charge in [0.15, 0.2) is 0 Å². The number of piperazine rings is 1. The van der Waals surface area contributed by atoms with Crippen LogP contribution in [0.3, 0.4) is 0 Å². The molecular weight excluding hydrogens is 328 g/mol. The summed E-state index contributed by atoms with van der Waals surface area (Å²) in [5, 5.41) is 3.41. The molecule has 0 amide bonds. The van der Waals surface area contributed by atoms with Crippen molar-refractivity contribution in [3.05, 3.63) is 53.6 Å². The first-order valence-electron chi connectivity index (χ1n) is 8.99. The van der Waals surface area contributed by atoms with Gasteiger partial charge in [0.1, 0.15) is 5.75 Å². The molecule has 2 aliphatic carbocycles. The van der Waals surface area contributed by atoms with Crippen LogP contribution in [0.25, 0.3) is 11.1 Å². The van der Waals surface area contributed by atoms with Gasteiger partial charge < -0.3 is 14.8 Å². The maximum absolute atomic E-state index is 11.4. The Bertz CT molecular complexity index is 758. The fourth-order valence-corrected chi connectivity index (χ4v) is 3.32. The molecule has 4 rings (SSSR count). The van der Waals surface area contributed by atoms with E-state index in [-0.39, 0.29) is 5.97 Å². The van der Waals surface area contributed by atoms with Gasteiger partial charge in [0.25, 0.3) is 0 Å². The van der Waals surface area contributed by atoms with Gasteiger partial charge in [-0.3, -0.25) is 4.90 Å². The Hall–Kier alpha value is -2.37. The van der Waals surface area contributed by atoms with E-state index >= 15 is 0 Å². The predicted octanol–water partition coefficient (Wildman–Crippen LogP) is 3.12. The first-order valence-corrected chi connectivity index (χ1v) is 8.99. The number of likely N-dealkylation sites (N-methyl/N-ethyl adjacent to an activating group) is 1. The second-order valence-electron chi connectivity index (χ2n) is 6.38. The monoisotopic (exact) mass is 354 g/mol. The van der Waals surface area contributed by atoms with Crippen molar-refractivity contribution in [1.29, 1.82) is 0 Å². The Labute approximate surface area is 154 Å². The van der Waals surface area contributed by atoms with Gasteiger partial charge in [-0.25, -0.2) is 4.79 Å². The Morgan fingerprint density at radius 3 is 2.46 bits per heavy atom. The third-order valence-electron chi connectivity index (χ3n) is 4.90. The number of rotatable bonds is 4. The summed E-state index contributed by atoms with van der Waals surface area (Å²) < 4.78 is 9.71. The summed E-state index contributed by atoms with van der Waals surface area (Å²) in [7, 11) is 3.10. The van der Waals surface area contributed by atoms with E-state index in [4.69, 9.17) is 9.47 Å². The fourth-order valence-electron chi connectivity index (χ4n) is 3.32. The van der Waals surface area contributed by atoms with Crippen molar-refractivity contribution < 1.29 is 14.3 Å². The molecule has 3 aliphatic rings. The van der Waals surface area contributed by atoms with Gasteiger partial charge in [-0.05, 0) is 41.9 Å². The van der Waals surface area contributed by atoms with Crippen LogP contribution in [-0.2, 0) is 4.74 Å². The molecule has 0 bridgehead atoms. The maximum Gasteiger partial charge on any atom is 0.337 e. The van der Waals surface area contributed by atoms with Crippen LogP contribution in [0.15, 0.2) is 42.5 Å². The summed E-state index contributed by atoms with van der Waals surface area (Å²) in [6, 6.07) is 14.3. The number of nitrogens with one attached hydrogen (secondary N) is 1. The molecule has 0 radical (unpaired) electrons. The van der Waals surface area contributed by atoms with Crippen molar-refractivity contribution in [3.63, 3.8) is 0 Å². The molecule has 1 aromatic carbocycles. The molecule has 1 unspecified atom stereocenters. The quantitative estimate of drug-likeness (QED) is 0.730. The molecule has 138 valence electrons. The average Bonchev–Trinajstić information content (AvgIpc) is 3.38. The third-order valence-corrected chi connectivity index (χ3v) is 4.90. The molecule has 1 aromatic rings. The lowest BCUT2D eigenvalue weighted by Gasteiger charge is -2.35. The highest BCUT2D eigenvalue weighted by Crippen LogP contribution is 2.43. The van der Waals surface area contributed by atoms with E-state index in [0.717, 1.165) is 31.9 Å². The van der Waals surface area contributed by atoms with Gasteiger partial charge in [-0.15, -0.1) is 0 Å². The highest BCUT2D eigenvalue weighted by molar-refractivity contribution is 5.89. The number of fused-ring (bicyclic) bond motifs is 1. The van der Waals surface area contributed by atoms with Crippen LogP contribution in [0, 0.1) is 0 Å². The zero-order valence-corrected chi connectivity index (χ0v) is 15.6. The van der Waals surface area contributed by atoms with Crippen LogP contribution >= 0.6 is 0 Å². The summed E-state index contributed by atoms with van der Waals surface area (Å²) in [6.45, 7) is 6.31. The van der Waals surface area contributed by atoms with Crippen LogP contribution in [0.1, 0.15) is 28.9 Å². The minimum absolute atomic E-state index is 0.282. The number of ether oxygens (including phenoxy) is 2. The third kappa shape index (κ3) is 4.06. The lowest BCUT2D eigenvalue weighted by atomic mass is 10.0. The second-order valence-corrected chi connectivity index (χ2v) is 6.38. The molecule has 1 fully saturated rings. The topological polar surface area (TPSA) is 50.8 Å². The molecular formula is C21H26N2O3. The van der Waals surface area contributed by atoms with E-state index in [1.54, 1.807) is 7.11 Å². The molecule has 1 atom stereocenters. The van der Waals surface area contributed by atoms with Crippen molar-refractivity contribution >= 4 is 5.97 Å². The number of methoxy groups -OCH3 is 2. The molecule has 5 nitrogen and oxygen atoms in total. The summed E-state index contributed by atoms with van der Waals surface area (Å²) in [5.41, 5.74) is 4.47. The number of carbonyl (C=O) groups is 1. The Kier molecular flexibility index (Phi) is 5.91. The van der Waals surface area contributed by atoms with Crippen molar-refractivity contribution in [2.45, 2.75) is 13.0 Å². The molecule has 1 N–H and O–H groups in total. The number of hydrogen-bond donors (Lipinski definition) is 1. The summed E-state index contributed by atoms with van der Waals surface area (Å²) in [6.07, 6.45) is 0. The van der Waals surface area contributed by atoms with Crippen LogP contribution in [0.2, 0.25) is 0 Å². The summed E-state index contributed by atoms with van der Waals surface area (Å²) >= 11 is 0. The maximum atomic E-state index is 11.4. The first kappa shape index (κ1) is 18.4. The summed E-state index contributed by atoms with van der Waals surface area (Å²) in [4.78, 5) is 13.8. The van der Waals surface area contributed by atoms with Crippen molar-refractivity contribution in [3.8, 4) is 16.9 Å². The molecule has 5 heteroatoms. The van der Waals surface area contributed by atoms with Crippen LogP contribution in [0.5, 0.6) is 5.75 Å². The Morgan fingerprint density at radius 2 is 1.96 bits per heavy atom. The molecule has 1 heterocycles. The molecule has 0 saturated carbocycles. The van der Waals surface area contributed by atoms with Crippen LogP contribution in [0.4, 0.5) is 0 Å². The zero-order chi connectivity index (χ0) is 18.5. The minimum atomic E-state index is -0.282. The average molecular weight is 354 g/mol. The summed E-state index contributed by atoms with van der Waals surface area (Å²) in [5.74, 6) is 0.732. The number of nitrogens with zero attached hydrogens (tertiary/aromatic N) is 1. The fraction of sp³-hybridized carbons (Fsp3) is 0.381. The zero-order valence-electron chi connectivity index (χ0n) is 15.6. The van der Waals surface area contributed by atoms with Gasteiger partial charge in [0.2, 0.25) is 0 Å². The highest BCUT2D eigenvalue weighted by atomic mass is 16.5. The predicted molar refractivity (Wildman–Crippen MR) is 103 cm³/mol. The van der Waals surface area contributed by atoms with Crippen LogP contribution in [-0.4, -0.2) is 51.3 Å². The number of hydrogen-bond acceptors (Lipinski definition) is 5. The molecule has 1 aliphatic heterocycles. The van der Waals surface area contributed by atoms with E-state index in [9.17, 15) is 4.79 Å². The normalized spacial score (nSPS) is 17.7. The van der Waals surface area contributed by atoms with Crippen molar-refractivity contribution in [2.24, 2.45) is 0 Å². The molecule has 26 heavy (non-hydrogen) atoms. The minimum Gasteiger partial charge on any atom is -0.496 e. The number of benzene rings is 2. The van der Waals surface area contributed by atoms with Gasteiger partial charge >= 0.3 is 5.97 Å². The number of carbonyl (C=O) groups excluding carboxylic acids is 1. The molecule has 0 aromatic heterocycles. The van der Waals surface area contributed by atoms with Crippen LogP contribution < -0.4 is 10.1 Å². The van der Waals surface area contributed by atoms with E-state index in [1.165, 1.54) is 23.8 Å². The standard InChI is InChI=1S/C14H20N2O2.C7H6O/c1-3-16-9-8-15-10-13(16)11-4-6-12(7-5-11)14(17)18-2;1-8-7-3-2-5-4-6(5)7/h4-7,13,15H,3,8-10H2,1-2H3;2-4H,1H3. The Balaban J connectivity index is 0.000000201. The highest BCUT2D eigenvalue weighted by Gasteiger charge is 2.22. The van der Waals surface area contributed by atoms with E-state index in [0.29, 0.717) is 11.6 Å². The smallest absolute Gasteiger partial charge is 0.337 e. The van der Waals surface area contributed by atoms with Crippen molar-refractivity contribution in [1.82, 2.24) is 10.2 Å².